The van der Waals surface area contributed by atoms with Crippen LogP contribution in [0.25, 0.3) is 0 Å². The number of carbonyl (C=O) groups is 2. The van der Waals surface area contributed by atoms with E-state index in [1.54, 1.807) is 0 Å². The monoisotopic (exact) mass is 375 g/mol. The molecule has 2 saturated heterocycles. The minimum Gasteiger partial charge on any atom is -0.342 e. The highest BCUT2D eigenvalue weighted by Gasteiger charge is 2.25. The van der Waals surface area contributed by atoms with Crippen LogP contribution in [0, 0.1) is 5.92 Å². The molecule has 3 aliphatic rings. The van der Waals surface area contributed by atoms with Crippen LogP contribution in [-0.4, -0.2) is 72.3 Å². The van der Waals surface area contributed by atoms with E-state index < -0.39 is 0 Å². The van der Waals surface area contributed by atoms with Crippen molar-refractivity contribution >= 4 is 11.8 Å². The molecule has 0 bridgehead atoms. The van der Waals surface area contributed by atoms with Crippen molar-refractivity contribution in [2.45, 2.75) is 64.7 Å². The van der Waals surface area contributed by atoms with Crippen LogP contribution in [0.1, 0.15) is 64.7 Å². The predicted molar refractivity (Wildman–Crippen MR) is 108 cm³/mol. The first kappa shape index (κ1) is 20.4. The van der Waals surface area contributed by atoms with Gasteiger partial charge in [0, 0.05) is 52.1 Å². The molecule has 0 aromatic heterocycles. The highest BCUT2D eigenvalue weighted by Crippen LogP contribution is 2.25. The van der Waals surface area contributed by atoms with Gasteiger partial charge in [0.25, 0.3) is 0 Å². The van der Waals surface area contributed by atoms with Crippen LogP contribution in [0.4, 0.5) is 0 Å². The van der Waals surface area contributed by atoms with Crippen molar-refractivity contribution < 1.29 is 9.59 Å². The molecular formula is C22H37N3O2. The van der Waals surface area contributed by atoms with E-state index in [9.17, 15) is 9.59 Å². The Balaban J connectivity index is 1.33. The molecule has 2 fully saturated rings. The first-order valence-corrected chi connectivity index (χ1v) is 11.1. The van der Waals surface area contributed by atoms with Gasteiger partial charge in [-0.15, -0.1) is 0 Å². The van der Waals surface area contributed by atoms with Gasteiger partial charge in [-0.05, 0) is 57.4 Å². The quantitative estimate of drug-likeness (QED) is 0.670. The maximum absolute atomic E-state index is 12.5. The van der Waals surface area contributed by atoms with Crippen molar-refractivity contribution in [3.8, 4) is 0 Å². The molecule has 0 radical (unpaired) electrons. The van der Waals surface area contributed by atoms with E-state index in [0.29, 0.717) is 30.6 Å². The summed E-state index contributed by atoms with van der Waals surface area (Å²) in [5.41, 5.74) is 1.35. The third-order valence-corrected chi connectivity index (χ3v) is 6.67. The van der Waals surface area contributed by atoms with Gasteiger partial charge in [0.05, 0.1) is 0 Å². The molecule has 0 N–H and O–H groups in total. The molecule has 0 aromatic carbocycles. The lowest BCUT2D eigenvalue weighted by molar-refractivity contribution is -0.134. The standard InChI is InChI=1S/C22H37N3O2/c1-2-23-14-16-25(17-15-23)21(26)9-8-19-10-12-24(13-11-19)22(27)18-20-6-4-3-5-7-20/h6,19H,2-5,7-18H2,1H3. The van der Waals surface area contributed by atoms with E-state index in [-0.39, 0.29) is 0 Å². The summed E-state index contributed by atoms with van der Waals surface area (Å²) in [4.78, 5) is 31.5. The zero-order valence-electron chi connectivity index (χ0n) is 17.1. The van der Waals surface area contributed by atoms with E-state index in [1.807, 2.05) is 4.90 Å². The van der Waals surface area contributed by atoms with Crippen molar-refractivity contribution in [2.24, 2.45) is 5.92 Å². The Kier molecular flexibility index (Phi) is 7.74. The zero-order valence-corrected chi connectivity index (χ0v) is 17.1. The van der Waals surface area contributed by atoms with Crippen LogP contribution in [0.3, 0.4) is 0 Å². The van der Waals surface area contributed by atoms with Crippen LogP contribution in [0.15, 0.2) is 11.6 Å². The molecule has 152 valence electrons. The number of nitrogens with zero attached hydrogens (tertiary/aromatic N) is 3. The molecule has 2 amide bonds. The minimum atomic E-state index is 0.312. The number of rotatable bonds is 6. The van der Waals surface area contributed by atoms with Gasteiger partial charge in [-0.1, -0.05) is 18.6 Å². The van der Waals surface area contributed by atoms with Crippen molar-refractivity contribution in [3.05, 3.63) is 11.6 Å². The second-order valence-corrected chi connectivity index (χ2v) is 8.46. The van der Waals surface area contributed by atoms with Gasteiger partial charge in [-0.25, -0.2) is 0 Å². The zero-order chi connectivity index (χ0) is 19.1. The molecule has 0 aromatic rings. The number of piperazine rings is 1. The Morgan fingerprint density at radius 2 is 1.67 bits per heavy atom. The first-order chi connectivity index (χ1) is 13.2. The van der Waals surface area contributed by atoms with Gasteiger partial charge in [-0.3, -0.25) is 9.59 Å². The van der Waals surface area contributed by atoms with Crippen molar-refractivity contribution in [1.29, 1.82) is 0 Å². The van der Waals surface area contributed by atoms with Crippen LogP contribution < -0.4 is 0 Å². The fourth-order valence-electron chi connectivity index (χ4n) is 4.64. The molecule has 0 spiro atoms. The fourth-order valence-corrected chi connectivity index (χ4v) is 4.64. The molecule has 3 rings (SSSR count). The van der Waals surface area contributed by atoms with Crippen LogP contribution in [-0.2, 0) is 9.59 Å². The van der Waals surface area contributed by atoms with Crippen LogP contribution in [0.5, 0.6) is 0 Å². The lowest BCUT2D eigenvalue weighted by atomic mass is 9.91. The van der Waals surface area contributed by atoms with Gasteiger partial charge >= 0.3 is 0 Å². The van der Waals surface area contributed by atoms with Crippen molar-refractivity contribution in [3.63, 3.8) is 0 Å². The first-order valence-electron chi connectivity index (χ1n) is 11.1. The maximum Gasteiger partial charge on any atom is 0.226 e. The molecule has 2 heterocycles. The molecule has 5 heteroatoms. The molecule has 2 aliphatic heterocycles. The predicted octanol–water partition coefficient (Wildman–Crippen LogP) is 3.06. The number of likely N-dealkylation sites (tertiary alicyclic amines) is 1. The average Bonchev–Trinajstić information content (AvgIpc) is 2.73. The van der Waals surface area contributed by atoms with Crippen molar-refractivity contribution in [1.82, 2.24) is 14.7 Å². The van der Waals surface area contributed by atoms with Gasteiger partial charge < -0.3 is 14.7 Å². The number of hydrogen-bond acceptors (Lipinski definition) is 3. The second kappa shape index (κ2) is 10.3. The van der Waals surface area contributed by atoms with Crippen molar-refractivity contribution in [2.75, 3.05) is 45.8 Å². The number of carbonyl (C=O) groups excluding carboxylic acids is 2. The van der Waals surface area contributed by atoms with E-state index >= 15 is 0 Å². The Labute approximate surface area is 164 Å². The van der Waals surface area contributed by atoms with E-state index in [2.05, 4.69) is 22.8 Å². The largest absolute Gasteiger partial charge is 0.342 e. The van der Waals surface area contributed by atoms with Gasteiger partial charge in [0.15, 0.2) is 0 Å². The summed E-state index contributed by atoms with van der Waals surface area (Å²) in [7, 11) is 0. The lowest BCUT2D eigenvalue weighted by Crippen LogP contribution is -2.48. The topological polar surface area (TPSA) is 43.9 Å². The molecule has 27 heavy (non-hydrogen) atoms. The smallest absolute Gasteiger partial charge is 0.226 e. The van der Waals surface area contributed by atoms with E-state index in [0.717, 1.165) is 77.9 Å². The lowest BCUT2D eigenvalue weighted by Gasteiger charge is -2.35. The summed E-state index contributed by atoms with van der Waals surface area (Å²) in [5.74, 6) is 1.24. The average molecular weight is 376 g/mol. The molecule has 0 saturated carbocycles. The Morgan fingerprint density at radius 3 is 2.30 bits per heavy atom. The highest BCUT2D eigenvalue weighted by atomic mass is 16.2. The molecular weight excluding hydrogens is 338 g/mol. The summed E-state index contributed by atoms with van der Waals surface area (Å²) in [5, 5.41) is 0. The highest BCUT2D eigenvalue weighted by molar-refractivity contribution is 5.79. The van der Waals surface area contributed by atoms with E-state index in [1.165, 1.54) is 18.4 Å². The summed E-state index contributed by atoms with van der Waals surface area (Å²) >= 11 is 0. The summed E-state index contributed by atoms with van der Waals surface area (Å²) in [6.07, 6.45) is 11.5. The fraction of sp³-hybridized carbons (Fsp3) is 0.818. The Morgan fingerprint density at radius 1 is 0.963 bits per heavy atom. The Bertz CT molecular complexity index is 530. The Hall–Kier alpha value is -1.36. The number of allylic oxidation sites excluding steroid dienone is 1. The SMILES string of the molecule is CCN1CCN(C(=O)CCC2CCN(C(=O)CC3=CCCCC3)CC2)CC1. The number of hydrogen-bond donors (Lipinski definition) is 0. The second-order valence-electron chi connectivity index (χ2n) is 8.46. The number of likely N-dealkylation sites (N-methyl/N-ethyl adjacent to an activating group) is 1. The maximum atomic E-state index is 12.5. The number of amides is 2. The summed E-state index contributed by atoms with van der Waals surface area (Å²) < 4.78 is 0. The number of piperidine rings is 1. The summed E-state index contributed by atoms with van der Waals surface area (Å²) in [6.45, 7) is 8.81. The van der Waals surface area contributed by atoms with E-state index in [4.69, 9.17) is 0 Å². The summed E-state index contributed by atoms with van der Waals surface area (Å²) in [6, 6.07) is 0. The van der Waals surface area contributed by atoms with Gasteiger partial charge in [-0.2, -0.15) is 0 Å². The molecule has 0 atom stereocenters. The normalized spacial score (nSPS) is 22.6. The molecule has 1 aliphatic carbocycles. The third-order valence-electron chi connectivity index (χ3n) is 6.67. The van der Waals surface area contributed by atoms with Crippen LogP contribution >= 0.6 is 0 Å². The van der Waals surface area contributed by atoms with Crippen LogP contribution in [0.2, 0.25) is 0 Å². The van der Waals surface area contributed by atoms with Gasteiger partial charge in [0.2, 0.25) is 11.8 Å². The molecule has 5 nitrogen and oxygen atoms in total. The molecule has 0 unspecified atom stereocenters. The van der Waals surface area contributed by atoms with Gasteiger partial charge in [0.1, 0.15) is 0 Å². The minimum absolute atomic E-state index is 0.312. The third kappa shape index (κ3) is 6.06.